The Morgan fingerprint density at radius 1 is 1.41 bits per heavy atom. The average Bonchev–Trinajstić information content (AvgIpc) is 2.71. The molecule has 0 fully saturated rings. The summed E-state index contributed by atoms with van der Waals surface area (Å²) in [6, 6.07) is 6.76. The summed E-state index contributed by atoms with van der Waals surface area (Å²) in [5, 5.41) is 9.11. The molecule has 17 heavy (non-hydrogen) atoms. The Morgan fingerprint density at radius 2 is 2.12 bits per heavy atom. The molecule has 0 atom stereocenters. The van der Waals surface area contributed by atoms with Crippen LogP contribution in [-0.2, 0) is 7.05 Å². The molecule has 0 bridgehead atoms. The molecule has 5 nitrogen and oxygen atoms in total. The lowest BCUT2D eigenvalue weighted by Gasteiger charge is -2.03. The molecule has 1 aromatic heterocycles. The second-order valence-electron chi connectivity index (χ2n) is 3.56. The van der Waals surface area contributed by atoms with Gasteiger partial charge in [0.25, 0.3) is 0 Å². The van der Waals surface area contributed by atoms with Gasteiger partial charge in [0.15, 0.2) is 12.0 Å². The van der Waals surface area contributed by atoms with Gasteiger partial charge in [0, 0.05) is 18.2 Å². The number of aromatic carboxylic acids is 1. The third-order valence-electron chi connectivity index (χ3n) is 2.48. The van der Waals surface area contributed by atoms with Crippen molar-refractivity contribution in [3.8, 4) is 11.3 Å². The highest BCUT2D eigenvalue weighted by Gasteiger charge is 2.19. The van der Waals surface area contributed by atoms with Crippen molar-refractivity contribution in [3.63, 3.8) is 0 Å². The van der Waals surface area contributed by atoms with Crippen LogP contribution in [0.1, 0.15) is 20.8 Å². The summed E-state index contributed by atoms with van der Waals surface area (Å²) in [5.74, 6) is -1.07. The van der Waals surface area contributed by atoms with Crippen molar-refractivity contribution in [1.82, 2.24) is 9.55 Å². The topological polar surface area (TPSA) is 72.2 Å². The zero-order chi connectivity index (χ0) is 12.4. The van der Waals surface area contributed by atoms with Crippen molar-refractivity contribution in [3.05, 3.63) is 41.9 Å². The smallest absolute Gasteiger partial charge is 0.354 e. The van der Waals surface area contributed by atoms with E-state index < -0.39 is 5.97 Å². The Morgan fingerprint density at radius 3 is 2.76 bits per heavy atom. The molecule has 0 unspecified atom stereocenters. The van der Waals surface area contributed by atoms with Crippen molar-refractivity contribution in [2.45, 2.75) is 0 Å². The third-order valence-corrected chi connectivity index (χ3v) is 2.48. The highest BCUT2D eigenvalue weighted by molar-refractivity contribution is 5.96. The molecule has 1 heterocycles. The molecule has 0 saturated heterocycles. The number of aromatic nitrogens is 2. The van der Waals surface area contributed by atoms with Gasteiger partial charge in [0.1, 0.15) is 5.69 Å². The van der Waals surface area contributed by atoms with E-state index in [1.165, 1.54) is 10.9 Å². The van der Waals surface area contributed by atoms with Crippen LogP contribution in [0, 0.1) is 0 Å². The SMILES string of the molecule is Cn1cnc(-c2ccccc2C=O)c1C(=O)O. The van der Waals surface area contributed by atoms with Crippen molar-refractivity contribution in [2.75, 3.05) is 0 Å². The van der Waals surface area contributed by atoms with E-state index in [2.05, 4.69) is 4.98 Å². The normalized spacial score (nSPS) is 10.2. The van der Waals surface area contributed by atoms with Crippen LogP contribution in [0.15, 0.2) is 30.6 Å². The Balaban J connectivity index is 2.69. The Hall–Kier alpha value is -2.43. The van der Waals surface area contributed by atoms with E-state index in [-0.39, 0.29) is 5.69 Å². The van der Waals surface area contributed by atoms with Crippen LogP contribution in [-0.4, -0.2) is 26.9 Å². The van der Waals surface area contributed by atoms with Gasteiger partial charge in [-0.1, -0.05) is 24.3 Å². The molecule has 0 saturated carbocycles. The fraction of sp³-hybridized carbons (Fsp3) is 0.0833. The number of carbonyl (C=O) groups excluding carboxylic acids is 1. The van der Waals surface area contributed by atoms with Crippen molar-refractivity contribution < 1.29 is 14.7 Å². The Kier molecular flexibility index (Phi) is 2.74. The lowest BCUT2D eigenvalue weighted by molar-refractivity contribution is 0.0687. The van der Waals surface area contributed by atoms with Crippen LogP contribution in [0.2, 0.25) is 0 Å². The molecule has 0 aliphatic rings. The van der Waals surface area contributed by atoms with Crippen LogP contribution in [0.25, 0.3) is 11.3 Å². The van der Waals surface area contributed by atoms with Gasteiger partial charge in [-0.3, -0.25) is 4.79 Å². The highest BCUT2D eigenvalue weighted by atomic mass is 16.4. The minimum atomic E-state index is -1.07. The van der Waals surface area contributed by atoms with Crippen LogP contribution < -0.4 is 0 Å². The summed E-state index contributed by atoms with van der Waals surface area (Å²) in [4.78, 5) is 26.1. The number of rotatable bonds is 3. The highest BCUT2D eigenvalue weighted by Crippen LogP contribution is 2.24. The molecular weight excluding hydrogens is 220 g/mol. The van der Waals surface area contributed by atoms with Gasteiger partial charge >= 0.3 is 5.97 Å². The molecule has 0 aliphatic carbocycles. The van der Waals surface area contributed by atoms with Crippen molar-refractivity contribution in [1.29, 1.82) is 0 Å². The van der Waals surface area contributed by atoms with E-state index in [1.807, 2.05) is 0 Å². The first-order valence-electron chi connectivity index (χ1n) is 4.94. The molecular formula is C12H10N2O3. The molecule has 86 valence electrons. The van der Waals surface area contributed by atoms with E-state index in [0.29, 0.717) is 23.1 Å². The first-order chi connectivity index (χ1) is 8.15. The quantitative estimate of drug-likeness (QED) is 0.813. The summed E-state index contributed by atoms with van der Waals surface area (Å²) >= 11 is 0. The van der Waals surface area contributed by atoms with Crippen molar-refractivity contribution >= 4 is 12.3 Å². The number of hydrogen-bond acceptors (Lipinski definition) is 3. The van der Waals surface area contributed by atoms with Gasteiger partial charge in [0.2, 0.25) is 0 Å². The maximum absolute atomic E-state index is 11.1. The Labute approximate surface area is 97.3 Å². The van der Waals surface area contributed by atoms with Crippen LogP contribution in [0.3, 0.4) is 0 Å². The van der Waals surface area contributed by atoms with Gasteiger partial charge in [-0.15, -0.1) is 0 Å². The number of carbonyl (C=O) groups is 2. The molecule has 1 N–H and O–H groups in total. The summed E-state index contributed by atoms with van der Waals surface area (Å²) < 4.78 is 1.42. The summed E-state index contributed by atoms with van der Waals surface area (Å²) in [5.41, 5.74) is 1.33. The second kappa shape index (κ2) is 4.21. The third kappa shape index (κ3) is 1.82. The van der Waals surface area contributed by atoms with E-state index in [0.717, 1.165) is 0 Å². The lowest BCUT2D eigenvalue weighted by atomic mass is 10.0. The maximum atomic E-state index is 11.1. The monoisotopic (exact) mass is 230 g/mol. The van der Waals surface area contributed by atoms with Gasteiger partial charge in [-0.05, 0) is 0 Å². The van der Waals surface area contributed by atoms with Gasteiger partial charge in [-0.2, -0.15) is 0 Å². The predicted molar refractivity (Wildman–Crippen MR) is 61.0 cm³/mol. The molecule has 0 aliphatic heterocycles. The fourth-order valence-corrected chi connectivity index (χ4v) is 1.69. The van der Waals surface area contributed by atoms with E-state index in [1.54, 1.807) is 31.3 Å². The van der Waals surface area contributed by atoms with Gasteiger partial charge in [-0.25, -0.2) is 9.78 Å². The molecule has 2 aromatic rings. The predicted octanol–water partition coefficient (Wildman–Crippen LogP) is 1.60. The second-order valence-corrected chi connectivity index (χ2v) is 3.56. The largest absolute Gasteiger partial charge is 0.477 e. The summed E-state index contributed by atoms with van der Waals surface area (Å²) in [7, 11) is 1.60. The number of carboxylic acid groups (broad SMARTS) is 1. The van der Waals surface area contributed by atoms with Crippen LogP contribution in [0.5, 0.6) is 0 Å². The zero-order valence-corrected chi connectivity index (χ0v) is 9.12. The average molecular weight is 230 g/mol. The number of hydrogen-bond donors (Lipinski definition) is 1. The summed E-state index contributed by atoms with van der Waals surface area (Å²) in [6.07, 6.45) is 2.11. The zero-order valence-electron chi connectivity index (χ0n) is 9.12. The molecule has 1 aromatic carbocycles. The van der Waals surface area contributed by atoms with E-state index in [4.69, 9.17) is 5.11 Å². The number of nitrogens with zero attached hydrogens (tertiary/aromatic N) is 2. The van der Waals surface area contributed by atoms with Crippen molar-refractivity contribution in [2.24, 2.45) is 7.05 Å². The molecule has 5 heteroatoms. The lowest BCUT2D eigenvalue weighted by Crippen LogP contribution is -2.06. The maximum Gasteiger partial charge on any atom is 0.354 e. The van der Waals surface area contributed by atoms with Crippen LogP contribution >= 0.6 is 0 Å². The summed E-state index contributed by atoms with van der Waals surface area (Å²) in [6.45, 7) is 0. The first kappa shape index (κ1) is 11.1. The minimum absolute atomic E-state index is 0.0688. The number of benzene rings is 1. The van der Waals surface area contributed by atoms with E-state index in [9.17, 15) is 9.59 Å². The van der Waals surface area contributed by atoms with Gasteiger partial charge in [0.05, 0.1) is 6.33 Å². The first-order valence-corrected chi connectivity index (χ1v) is 4.94. The number of aldehydes is 1. The molecule has 0 radical (unpaired) electrons. The number of aryl methyl sites for hydroxylation is 1. The standard InChI is InChI=1S/C12H10N2O3/c1-14-7-13-10(11(14)12(16)17)9-5-3-2-4-8(9)6-15/h2-7H,1H3,(H,16,17). The minimum Gasteiger partial charge on any atom is -0.477 e. The molecule has 0 spiro atoms. The Bertz CT molecular complexity index is 587. The molecule has 0 amide bonds. The van der Waals surface area contributed by atoms with Gasteiger partial charge < -0.3 is 9.67 Å². The molecule has 2 rings (SSSR count). The fourth-order valence-electron chi connectivity index (χ4n) is 1.69. The number of carboxylic acids is 1. The number of imidazole rings is 1. The van der Waals surface area contributed by atoms with E-state index >= 15 is 0 Å². The van der Waals surface area contributed by atoms with Crippen LogP contribution in [0.4, 0.5) is 0 Å².